The summed E-state index contributed by atoms with van der Waals surface area (Å²) in [6.07, 6.45) is 31.4. The van der Waals surface area contributed by atoms with Gasteiger partial charge in [0.25, 0.3) is 10.1 Å². The largest absolute Gasteiger partial charge is 0.347 e. The SMILES string of the molecule is CC(C)CCCC(C)CCCC(C)CCCCC(C)CCC1(CCC(C)CCCC(C)CCCC(C)CCCC(C)C)OCC(CCOS(C)(=O)=O)O1. The lowest BCUT2D eigenvalue weighted by atomic mass is 9.88. The molecular formula is C47H94O5S. The minimum atomic E-state index is -3.45. The van der Waals surface area contributed by atoms with Crippen LogP contribution in [0.15, 0.2) is 0 Å². The lowest BCUT2D eigenvalue weighted by Crippen LogP contribution is -2.32. The zero-order chi connectivity index (χ0) is 39.7. The fraction of sp³-hybridized carbons (Fsp3) is 1.00. The van der Waals surface area contributed by atoms with Crippen LogP contribution in [0.1, 0.15) is 223 Å². The third-order valence-corrected chi connectivity index (χ3v) is 13.1. The summed E-state index contributed by atoms with van der Waals surface area (Å²) in [6.45, 7) is 24.7. The highest BCUT2D eigenvalue weighted by Gasteiger charge is 2.41. The van der Waals surface area contributed by atoms with Crippen LogP contribution in [0.4, 0.5) is 0 Å². The quantitative estimate of drug-likeness (QED) is 0.0474. The topological polar surface area (TPSA) is 61.8 Å². The Bertz CT molecular complexity index is 966. The first-order chi connectivity index (χ1) is 25.0. The molecule has 0 bridgehead atoms. The van der Waals surface area contributed by atoms with Crippen molar-refractivity contribution in [1.29, 1.82) is 0 Å². The predicted molar refractivity (Wildman–Crippen MR) is 230 cm³/mol. The van der Waals surface area contributed by atoms with Crippen molar-refractivity contribution in [2.75, 3.05) is 19.5 Å². The molecule has 8 unspecified atom stereocenters. The lowest BCUT2D eigenvalue weighted by Gasteiger charge is -2.31. The van der Waals surface area contributed by atoms with E-state index in [9.17, 15) is 8.42 Å². The molecule has 0 N–H and O–H groups in total. The van der Waals surface area contributed by atoms with Crippen molar-refractivity contribution in [1.82, 2.24) is 0 Å². The lowest BCUT2D eigenvalue weighted by molar-refractivity contribution is -0.182. The van der Waals surface area contributed by atoms with Gasteiger partial charge in [-0.2, -0.15) is 8.42 Å². The zero-order valence-electron chi connectivity index (χ0n) is 37.5. The van der Waals surface area contributed by atoms with Crippen LogP contribution in [-0.2, 0) is 23.8 Å². The smallest absolute Gasteiger partial charge is 0.264 e. The number of hydrogen-bond acceptors (Lipinski definition) is 5. The predicted octanol–water partition coefficient (Wildman–Crippen LogP) is 14.6. The van der Waals surface area contributed by atoms with Gasteiger partial charge in [0.15, 0.2) is 5.79 Å². The Kier molecular flexibility index (Phi) is 27.9. The Morgan fingerprint density at radius 3 is 1.17 bits per heavy atom. The summed E-state index contributed by atoms with van der Waals surface area (Å²) < 4.78 is 41.2. The van der Waals surface area contributed by atoms with E-state index in [1.807, 2.05) is 0 Å². The van der Waals surface area contributed by atoms with E-state index in [4.69, 9.17) is 13.7 Å². The zero-order valence-corrected chi connectivity index (χ0v) is 38.3. The van der Waals surface area contributed by atoms with Crippen LogP contribution in [0.2, 0.25) is 0 Å². The van der Waals surface area contributed by atoms with Crippen LogP contribution < -0.4 is 0 Å². The number of hydrogen-bond donors (Lipinski definition) is 0. The molecule has 1 heterocycles. The molecule has 0 aliphatic carbocycles. The second kappa shape index (κ2) is 29.1. The maximum absolute atomic E-state index is 11.5. The van der Waals surface area contributed by atoms with Gasteiger partial charge in [-0.25, -0.2) is 0 Å². The summed E-state index contributed by atoms with van der Waals surface area (Å²) in [6, 6.07) is 0. The molecule has 8 atom stereocenters. The van der Waals surface area contributed by atoms with Gasteiger partial charge in [-0.15, -0.1) is 0 Å². The van der Waals surface area contributed by atoms with Crippen LogP contribution >= 0.6 is 0 Å². The van der Waals surface area contributed by atoms with Crippen LogP contribution in [0.3, 0.4) is 0 Å². The molecule has 0 spiro atoms. The van der Waals surface area contributed by atoms with E-state index in [1.165, 1.54) is 122 Å². The van der Waals surface area contributed by atoms with Gasteiger partial charge in [-0.3, -0.25) is 4.18 Å². The van der Waals surface area contributed by atoms with Crippen LogP contribution in [0.5, 0.6) is 0 Å². The van der Waals surface area contributed by atoms with Gasteiger partial charge in [0.05, 0.1) is 25.6 Å². The average molecular weight is 771 g/mol. The minimum Gasteiger partial charge on any atom is -0.347 e. The Morgan fingerprint density at radius 1 is 0.509 bits per heavy atom. The van der Waals surface area contributed by atoms with Crippen molar-refractivity contribution >= 4 is 10.1 Å². The van der Waals surface area contributed by atoms with Gasteiger partial charge in [-0.1, -0.05) is 191 Å². The van der Waals surface area contributed by atoms with Gasteiger partial charge >= 0.3 is 0 Å². The Morgan fingerprint density at radius 2 is 0.830 bits per heavy atom. The molecule has 1 fully saturated rings. The maximum atomic E-state index is 11.5. The van der Waals surface area contributed by atoms with Gasteiger partial charge in [-0.05, 0) is 60.2 Å². The molecule has 1 saturated heterocycles. The molecule has 0 aromatic rings. The van der Waals surface area contributed by atoms with Crippen molar-refractivity contribution in [2.24, 2.45) is 47.3 Å². The highest BCUT2D eigenvalue weighted by Crippen LogP contribution is 2.37. The van der Waals surface area contributed by atoms with Crippen molar-refractivity contribution in [3.05, 3.63) is 0 Å². The summed E-state index contributed by atoms with van der Waals surface area (Å²) >= 11 is 0. The number of unbranched alkanes of at least 4 members (excludes halogenated alkanes) is 1. The molecule has 5 nitrogen and oxygen atoms in total. The van der Waals surface area contributed by atoms with E-state index >= 15 is 0 Å². The normalized spacial score (nSPS) is 21.6. The van der Waals surface area contributed by atoms with Gasteiger partial charge in [0, 0.05) is 19.3 Å². The molecule has 1 aliphatic rings. The van der Waals surface area contributed by atoms with Crippen LogP contribution in [-0.4, -0.2) is 39.8 Å². The van der Waals surface area contributed by atoms with E-state index in [2.05, 4.69) is 69.2 Å². The van der Waals surface area contributed by atoms with Crippen molar-refractivity contribution in [2.45, 2.75) is 235 Å². The fourth-order valence-electron chi connectivity index (χ4n) is 8.45. The van der Waals surface area contributed by atoms with Gasteiger partial charge < -0.3 is 9.47 Å². The molecule has 0 amide bonds. The van der Waals surface area contributed by atoms with E-state index < -0.39 is 15.9 Å². The maximum Gasteiger partial charge on any atom is 0.264 e. The van der Waals surface area contributed by atoms with E-state index in [0.29, 0.717) is 24.9 Å². The summed E-state index contributed by atoms with van der Waals surface area (Å²) in [5, 5.41) is 0. The van der Waals surface area contributed by atoms with Crippen molar-refractivity contribution in [3.8, 4) is 0 Å². The van der Waals surface area contributed by atoms with Crippen molar-refractivity contribution < 1.29 is 22.1 Å². The van der Waals surface area contributed by atoms with Crippen LogP contribution in [0, 0.1) is 47.3 Å². The van der Waals surface area contributed by atoms with E-state index in [-0.39, 0.29) is 12.7 Å². The summed E-state index contributed by atoms with van der Waals surface area (Å²) in [5.74, 6) is 5.82. The van der Waals surface area contributed by atoms with Gasteiger partial charge in [0.2, 0.25) is 0 Å². The first kappa shape index (κ1) is 50.8. The average Bonchev–Trinajstić information content (AvgIpc) is 3.47. The summed E-state index contributed by atoms with van der Waals surface area (Å²) in [5.41, 5.74) is 0. The number of rotatable bonds is 35. The molecule has 1 aliphatic heterocycles. The molecule has 1 rings (SSSR count). The molecule has 0 aromatic carbocycles. The minimum absolute atomic E-state index is 0.106. The fourth-order valence-corrected chi connectivity index (χ4v) is 8.85. The van der Waals surface area contributed by atoms with Crippen LogP contribution in [0.25, 0.3) is 0 Å². The standard InChI is InChI=1S/C47H94O5S/c1-38(2)19-14-23-41(6)26-16-25-40(5)21-12-13-22-44(9)31-34-47(50-37-46(52-47)33-36-51-53(11,48)49)35-32-45(10)30-18-29-43(8)28-17-27-42(7)24-15-20-39(3)4/h38-46H,12-37H2,1-11H3. The van der Waals surface area contributed by atoms with Gasteiger partial charge in [0.1, 0.15) is 0 Å². The first-order valence-corrected chi connectivity index (χ1v) is 25.0. The Labute approximate surface area is 333 Å². The highest BCUT2D eigenvalue weighted by atomic mass is 32.2. The first-order valence-electron chi connectivity index (χ1n) is 23.1. The van der Waals surface area contributed by atoms with E-state index in [1.54, 1.807) is 0 Å². The molecule has 318 valence electrons. The Balaban J connectivity index is 2.43. The summed E-state index contributed by atoms with van der Waals surface area (Å²) in [4.78, 5) is 0. The monoisotopic (exact) mass is 771 g/mol. The molecule has 6 heteroatoms. The summed E-state index contributed by atoms with van der Waals surface area (Å²) in [7, 11) is -3.45. The molecule has 0 radical (unpaired) electrons. The molecule has 0 saturated carbocycles. The third-order valence-electron chi connectivity index (χ3n) is 12.5. The highest BCUT2D eigenvalue weighted by molar-refractivity contribution is 7.85. The Hall–Kier alpha value is -0.170. The third kappa shape index (κ3) is 28.8. The van der Waals surface area contributed by atoms with Crippen molar-refractivity contribution in [3.63, 3.8) is 0 Å². The van der Waals surface area contributed by atoms with E-state index in [0.717, 1.165) is 67.4 Å². The molecule has 53 heavy (non-hydrogen) atoms. The molecular weight excluding hydrogens is 677 g/mol. The second-order valence-electron chi connectivity index (χ2n) is 19.7. The second-order valence-corrected chi connectivity index (χ2v) is 21.4. The molecule has 0 aromatic heterocycles. The number of ether oxygens (including phenoxy) is 2.